The molecule has 0 atom stereocenters. The van der Waals surface area contributed by atoms with E-state index in [9.17, 15) is 14.4 Å². The predicted octanol–water partition coefficient (Wildman–Crippen LogP) is 2.04. The van der Waals surface area contributed by atoms with Gasteiger partial charge in [0.25, 0.3) is 5.56 Å². The fourth-order valence-electron chi connectivity index (χ4n) is 2.83. The molecule has 0 saturated heterocycles. The fraction of sp³-hybridized carbons (Fsp3) is 0.105. The predicted molar refractivity (Wildman–Crippen MR) is 111 cm³/mol. The molecular formula is C19H16N6O3S. The summed E-state index contributed by atoms with van der Waals surface area (Å²) in [6, 6.07) is 11.4. The molecule has 0 saturated carbocycles. The van der Waals surface area contributed by atoms with Crippen molar-refractivity contribution < 1.29 is 4.79 Å². The average Bonchev–Trinajstić information content (AvgIpc) is 3.13. The second-order valence-corrected chi connectivity index (χ2v) is 7.17. The van der Waals surface area contributed by atoms with Gasteiger partial charge in [-0.1, -0.05) is 23.9 Å². The van der Waals surface area contributed by atoms with E-state index in [4.69, 9.17) is 0 Å². The first-order valence-electron chi connectivity index (χ1n) is 8.67. The number of carbonyl (C=O) groups is 1. The van der Waals surface area contributed by atoms with E-state index in [2.05, 4.69) is 30.2 Å². The topological polar surface area (TPSA) is 136 Å². The Morgan fingerprint density at radius 1 is 1.10 bits per heavy atom. The van der Waals surface area contributed by atoms with Crippen LogP contribution in [-0.4, -0.2) is 36.6 Å². The van der Waals surface area contributed by atoms with Gasteiger partial charge >= 0.3 is 5.69 Å². The molecule has 4 N–H and O–H groups in total. The quantitative estimate of drug-likeness (QED) is 0.373. The molecule has 0 spiro atoms. The Morgan fingerprint density at radius 2 is 1.93 bits per heavy atom. The highest BCUT2D eigenvalue weighted by Crippen LogP contribution is 2.29. The van der Waals surface area contributed by atoms with Crippen LogP contribution in [0, 0.1) is 6.92 Å². The minimum absolute atomic E-state index is 0.0220. The third-order valence-electron chi connectivity index (χ3n) is 4.15. The second kappa shape index (κ2) is 7.76. The normalized spacial score (nSPS) is 10.9. The van der Waals surface area contributed by atoms with Crippen LogP contribution in [0.4, 0.5) is 5.69 Å². The van der Waals surface area contributed by atoms with Crippen LogP contribution in [0.2, 0.25) is 0 Å². The molecule has 3 aromatic heterocycles. The van der Waals surface area contributed by atoms with E-state index in [0.29, 0.717) is 10.9 Å². The van der Waals surface area contributed by atoms with Crippen molar-refractivity contribution in [2.45, 2.75) is 11.9 Å². The van der Waals surface area contributed by atoms with Crippen LogP contribution in [0.3, 0.4) is 0 Å². The van der Waals surface area contributed by atoms with E-state index >= 15 is 0 Å². The Kier molecular flexibility index (Phi) is 5.00. The molecule has 0 radical (unpaired) electrons. The van der Waals surface area contributed by atoms with Crippen LogP contribution < -0.4 is 16.6 Å². The molecule has 29 heavy (non-hydrogen) atoms. The molecule has 0 aliphatic rings. The van der Waals surface area contributed by atoms with E-state index in [1.54, 1.807) is 12.3 Å². The van der Waals surface area contributed by atoms with Gasteiger partial charge in [-0.25, -0.2) is 14.8 Å². The van der Waals surface area contributed by atoms with Crippen molar-refractivity contribution in [1.82, 2.24) is 24.9 Å². The number of pyridine rings is 1. The number of thioether (sulfide) groups is 1. The highest BCUT2D eigenvalue weighted by atomic mass is 32.2. The van der Waals surface area contributed by atoms with E-state index < -0.39 is 17.2 Å². The standard InChI is InChI=1S/C19H16N6O3S/c1-10-15(17(27)25-19(28)21-10)24-14(26)9-29-18-11(5-4-8-20-18)16-22-12-6-2-3-7-13(12)23-16/h2-8H,9H2,1H3,(H,22,23)(H,24,26)(H2,21,25,27,28). The van der Waals surface area contributed by atoms with Gasteiger partial charge in [-0.3, -0.25) is 14.6 Å². The zero-order chi connectivity index (χ0) is 20.4. The van der Waals surface area contributed by atoms with Gasteiger partial charge in [0.2, 0.25) is 5.91 Å². The first-order chi connectivity index (χ1) is 14.0. The number of fused-ring (bicyclic) bond motifs is 1. The van der Waals surface area contributed by atoms with Crippen molar-refractivity contribution in [3.8, 4) is 11.4 Å². The zero-order valence-electron chi connectivity index (χ0n) is 15.3. The first-order valence-corrected chi connectivity index (χ1v) is 9.66. The van der Waals surface area contributed by atoms with E-state index in [1.165, 1.54) is 18.7 Å². The number of aromatic amines is 3. The fourth-order valence-corrected chi connectivity index (χ4v) is 3.62. The van der Waals surface area contributed by atoms with Gasteiger partial charge in [0.05, 0.1) is 16.8 Å². The summed E-state index contributed by atoms with van der Waals surface area (Å²) in [6.45, 7) is 1.54. The van der Waals surface area contributed by atoms with E-state index in [-0.39, 0.29) is 17.1 Å². The summed E-state index contributed by atoms with van der Waals surface area (Å²) in [4.78, 5) is 52.2. The van der Waals surface area contributed by atoms with Gasteiger partial charge in [0.15, 0.2) is 0 Å². The van der Waals surface area contributed by atoms with Crippen molar-refractivity contribution in [2.24, 2.45) is 0 Å². The van der Waals surface area contributed by atoms with Crippen molar-refractivity contribution in [1.29, 1.82) is 0 Å². The maximum absolute atomic E-state index is 12.3. The summed E-state index contributed by atoms with van der Waals surface area (Å²) in [7, 11) is 0. The van der Waals surface area contributed by atoms with Crippen LogP contribution in [0.5, 0.6) is 0 Å². The van der Waals surface area contributed by atoms with Crippen LogP contribution in [0.1, 0.15) is 5.69 Å². The summed E-state index contributed by atoms with van der Waals surface area (Å²) < 4.78 is 0. The number of imidazole rings is 1. The third kappa shape index (κ3) is 3.97. The second-order valence-electron chi connectivity index (χ2n) is 6.20. The largest absolute Gasteiger partial charge is 0.338 e. The lowest BCUT2D eigenvalue weighted by Crippen LogP contribution is -2.29. The van der Waals surface area contributed by atoms with Crippen molar-refractivity contribution in [3.05, 3.63) is 69.1 Å². The molecule has 1 amide bonds. The van der Waals surface area contributed by atoms with E-state index in [0.717, 1.165) is 16.6 Å². The van der Waals surface area contributed by atoms with Gasteiger partial charge in [0, 0.05) is 17.5 Å². The molecule has 9 nitrogen and oxygen atoms in total. The number of H-pyrrole nitrogens is 3. The molecule has 4 aromatic rings. The molecule has 146 valence electrons. The number of anilines is 1. The lowest BCUT2D eigenvalue weighted by atomic mass is 10.3. The van der Waals surface area contributed by atoms with Crippen LogP contribution in [0.15, 0.2) is 57.2 Å². The van der Waals surface area contributed by atoms with Gasteiger partial charge in [-0.2, -0.15) is 0 Å². The molecule has 10 heteroatoms. The molecule has 0 aliphatic heterocycles. The van der Waals surface area contributed by atoms with Crippen molar-refractivity contribution >= 4 is 34.4 Å². The molecule has 1 aromatic carbocycles. The van der Waals surface area contributed by atoms with E-state index in [1.807, 2.05) is 30.3 Å². The first kappa shape index (κ1) is 18.7. The third-order valence-corrected chi connectivity index (χ3v) is 5.16. The van der Waals surface area contributed by atoms with Gasteiger partial charge < -0.3 is 15.3 Å². The Morgan fingerprint density at radius 3 is 2.72 bits per heavy atom. The molecule has 0 unspecified atom stereocenters. The highest BCUT2D eigenvalue weighted by Gasteiger charge is 2.14. The van der Waals surface area contributed by atoms with Crippen molar-refractivity contribution in [3.63, 3.8) is 0 Å². The number of hydrogen-bond acceptors (Lipinski definition) is 6. The maximum atomic E-state index is 12.3. The SMILES string of the molecule is Cc1[nH]c(=O)[nH]c(=O)c1NC(=O)CSc1ncccc1-c1nc2ccccc2[nH]1. The number of amides is 1. The number of nitrogens with one attached hydrogen (secondary N) is 4. The number of aromatic nitrogens is 5. The number of benzene rings is 1. The molecule has 0 fully saturated rings. The Balaban J connectivity index is 1.53. The Hall–Kier alpha value is -3.66. The lowest BCUT2D eigenvalue weighted by Gasteiger charge is -2.08. The van der Waals surface area contributed by atoms with Crippen LogP contribution in [-0.2, 0) is 4.79 Å². The van der Waals surface area contributed by atoms with Crippen molar-refractivity contribution in [2.75, 3.05) is 11.1 Å². The molecular weight excluding hydrogens is 392 g/mol. The summed E-state index contributed by atoms with van der Waals surface area (Å²) in [6.07, 6.45) is 1.64. The molecule has 0 bridgehead atoms. The Labute approximate surface area is 168 Å². The number of carbonyl (C=O) groups excluding carboxylic acids is 1. The minimum Gasteiger partial charge on any atom is -0.338 e. The zero-order valence-corrected chi connectivity index (χ0v) is 16.1. The maximum Gasteiger partial charge on any atom is 0.326 e. The molecule has 3 heterocycles. The van der Waals surface area contributed by atoms with Gasteiger partial charge in [-0.05, 0) is 31.2 Å². The average molecular weight is 408 g/mol. The number of para-hydroxylation sites is 2. The lowest BCUT2D eigenvalue weighted by molar-refractivity contribution is -0.113. The number of nitrogens with zero attached hydrogens (tertiary/aromatic N) is 2. The molecule has 0 aliphatic carbocycles. The smallest absolute Gasteiger partial charge is 0.326 e. The summed E-state index contributed by atoms with van der Waals surface area (Å²) in [5.41, 5.74) is 1.57. The highest BCUT2D eigenvalue weighted by molar-refractivity contribution is 8.00. The Bertz CT molecular complexity index is 1290. The summed E-state index contributed by atoms with van der Waals surface area (Å²) in [5.74, 6) is 0.300. The molecule has 4 rings (SSSR count). The van der Waals surface area contributed by atoms with Crippen LogP contribution >= 0.6 is 11.8 Å². The summed E-state index contributed by atoms with van der Waals surface area (Å²) >= 11 is 1.23. The van der Waals surface area contributed by atoms with Crippen LogP contribution in [0.25, 0.3) is 22.4 Å². The van der Waals surface area contributed by atoms with Gasteiger partial charge in [-0.15, -0.1) is 0 Å². The number of aryl methyl sites for hydroxylation is 1. The van der Waals surface area contributed by atoms with Gasteiger partial charge in [0.1, 0.15) is 16.5 Å². The monoisotopic (exact) mass is 408 g/mol. The minimum atomic E-state index is -0.648. The summed E-state index contributed by atoms with van der Waals surface area (Å²) in [5, 5.41) is 3.16. The number of rotatable bonds is 5. The number of hydrogen-bond donors (Lipinski definition) is 4.